The Morgan fingerprint density at radius 1 is 0.912 bits per heavy atom. The highest BCUT2D eigenvalue weighted by Crippen LogP contribution is 2.27. The largest absolute Gasteiger partial charge is 0.461 e. The summed E-state index contributed by atoms with van der Waals surface area (Å²) in [5.74, 6) is 2.50. The van der Waals surface area contributed by atoms with Crippen LogP contribution in [0.15, 0.2) is 88.6 Å². The summed E-state index contributed by atoms with van der Waals surface area (Å²) in [5.41, 5.74) is 2.52. The van der Waals surface area contributed by atoms with Gasteiger partial charge in [-0.25, -0.2) is 0 Å². The van der Waals surface area contributed by atoms with Crippen LogP contribution in [0, 0.1) is 5.92 Å². The van der Waals surface area contributed by atoms with Gasteiger partial charge in [-0.15, -0.1) is 10.2 Å². The second-order valence-corrected chi connectivity index (χ2v) is 9.60. The average molecular weight is 473 g/mol. The van der Waals surface area contributed by atoms with Gasteiger partial charge < -0.3 is 9.32 Å². The van der Waals surface area contributed by atoms with Crippen molar-refractivity contribution in [3.05, 3.63) is 90.2 Å². The molecule has 2 aromatic heterocycles. The van der Waals surface area contributed by atoms with E-state index in [0.717, 1.165) is 43.1 Å². The molecule has 1 fully saturated rings. The summed E-state index contributed by atoms with van der Waals surface area (Å²) in [6.07, 6.45) is 4.83. The molecule has 0 radical (unpaired) electrons. The first-order chi connectivity index (χ1) is 16.8. The third kappa shape index (κ3) is 5.42. The van der Waals surface area contributed by atoms with Crippen molar-refractivity contribution in [3.63, 3.8) is 0 Å². The van der Waals surface area contributed by atoms with Gasteiger partial charge in [0.05, 0.1) is 18.6 Å². The highest BCUT2D eigenvalue weighted by atomic mass is 32.2. The Kier molecular flexibility index (Phi) is 7.10. The van der Waals surface area contributed by atoms with Gasteiger partial charge in [-0.05, 0) is 48.4 Å². The first-order valence-corrected chi connectivity index (χ1v) is 12.7. The van der Waals surface area contributed by atoms with Gasteiger partial charge in [0, 0.05) is 13.1 Å². The number of hydrogen-bond acceptors (Lipinski definition) is 5. The third-order valence-electron chi connectivity index (χ3n) is 6.30. The second-order valence-electron chi connectivity index (χ2n) is 8.66. The van der Waals surface area contributed by atoms with Crippen LogP contribution in [0.5, 0.6) is 0 Å². The molecule has 174 valence electrons. The second kappa shape index (κ2) is 10.7. The van der Waals surface area contributed by atoms with Crippen LogP contribution in [0.25, 0.3) is 11.6 Å². The molecule has 1 saturated heterocycles. The van der Waals surface area contributed by atoms with Gasteiger partial charge in [0.15, 0.2) is 10.9 Å². The van der Waals surface area contributed by atoms with Crippen LogP contribution < -0.4 is 0 Å². The summed E-state index contributed by atoms with van der Waals surface area (Å²) in [7, 11) is 0. The molecule has 5 rings (SSSR count). The highest BCUT2D eigenvalue weighted by molar-refractivity contribution is 7.99. The zero-order chi connectivity index (χ0) is 23.2. The highest BCUT2D eigenvalue weighted by Gasteiger charge is 2.24. The maximum absolute atomic E-state index is 13.0. The Morgan fingerprint density at radius 3 is 2.29 bits per heavy atom. The van der Waals surface area contributed by atoms with Crippen LogP contribution in [0.4, 0.5) is 0 Å². The van der Waals surface area contributed by atoms with Crippen molar-refractivity contribution < 1.29 is 9.21 Å². The molecule has 3 heterocycles. The number of thioether (sulfide) groups is 1. The topological polar surface area (TPSA) is 64.2 Å². The number of rotatable bonds is 8. The lowest BCUT2D eigenvalue weighted by Gasteiger charge is -2.32. The van der Waals surface area contributed by atoms with Gasteiger partial charge in [0.25, 0.3) is 0 Å². The molecule has 34 heavy (non-hydrogen) atoms. The monoisotopic (exact) mass is 472 g/mol. The lowest BCUT2D eigenvalue weighted by molar-refractivity contribution is -0.129. The molecule has 6 nitrogen and oxygen atoms in total. The van der Waals surface area contributed by atoms with E-state index in [-0.39, 0.29) is 5.91 Å². The molecule has 0 saturated carbocycles. The number of benzene rings is 2. The van der Waals surface area contributed by atoms with Crippen molar-refractivity contribution in [2.75, 3.05) is 18.8 Å². The van der Waals surface area contributed by atoms with Crippen LogP contribution in [-0.4, -0.2) is 44.4 Å². The van der Waals surface area contributed by atoms with Gasteiger partial charge >= 0.3 is 0 Å². The minimum Gasteiger partial charge on any atom is -0.461 e. The van der Waals surface area contributed by atoms with Gasteiger partial charge in [-0.1, -0.05) is 72.4 Å². The predicted octanol–water partition coefficient (Wildman–Crippen LogP) is 5.16. The molecule has 7 heteroatoms. The molecule has 1 amide bonds. The summed E-state index contributed by atoms with van der Waals surface area (Å²) >= 11 is 1.45. The zero-order valence-corrected chi connectivity index (χ0v) is 19.9. The van der Waals surface area contributed by atoms with Crippen molar-refractivity contribution in [3.8, 4) is 11.6 Å². The molecule has 1 aliphatic heterocycles. The molecule has 0 bridgehead atoms. The summed E-state index contributed by atoms with van der Waals surface area (Å²) in [6, 6.07) is 24.5. The molecule has 2 aromatic carbocycles. The number of piperidine rings is 1. The van der Waals surface area contributed by atoms with E-state index in [1.165, 1.54) is 17.3 Å². The van der Waals surface area contributed by atoms with E-state index in [1.807, 2.05) is 39.8 Å². The van der Waals surface area contributed by atoms with E-state index < -0.39 is 0 Å². The van der Waals surface area contributed by atoms with Crippen LogP contribution in [0.2, 0.25) is 0 Å². The molecule has 4 aromatic rings. The first kappa shape index (κ1) is 22.5. The summed E-state index contributed by atoms with van der Waals surface area (Å²) in [6.45, 7) is 2.27. The third-order valence-corrected chi connectivity index (χ3v) is 7.25. The van der Waals surface area contributed by atoms with Crippen molar-refractivity contribution in [1.29, 1.82) is 0 Å². The van der Waals surface area contributed by atoms with Crippen LogP contribution in [0.3, 0.4) is 0 Å². The Balaban J connectivity index is 1.20. The number of likely N-dealkylation sites (tertiary alicyclic amines) is 1. The van der Waals surface area contributed by atoms with Crippen molar-refractivity contribution in [1.82, 2.24) is 19.7 Å². The molecule has 0 atom stereocenters. The van der Waals surface area contributed by atoms with Crippen molar-refractivity contribution in [2.24, 2.45) is 5.92 Å². The standard InChI is InChI=1S/C27H28N4O2S/c32-25(30-15-13-22(14-16-30)18-21-8-3-1-4-9-21)20-34-27-29-28-26(24-12-7-17-33-24)31(27)19-23-10-5-2-6-11-23/h1-12,17,22H,13-16,18-20H2. The Labute approximate surface area is 204 Å². The molecular formula is C27H28N4O2S. The number of aromatic nitrogens is 3. The minimum atomic E-state index is 0.164. The lowest BCUT2D eigenvalue weighted by Crippen LogP contribution is -2.39. The van der Waals surface area contributed by atoms with E-state index in [4.69, 9.17) is 4.42 Å². The predicted molar refractivity (Wildman–Crippen MR) is 133 cm³/mol. The Morgan fingerprint density at radius 2 is 1.62 bits per heavy atom. The number of carbonyl (C=O) groups is 1. The fourth-order valence-electron chi connectivity index (χ4n) is 4.44. The number of amides is 1. The van der Waals surface area contributed by atoms with Gasteiger partial charge in [0.2, 0.25) is 11.7 Å². The van der Waals surface area contributed by atoms with Crippen molar-refractivity contribution >= 4 is 17.7 Å². The van der Waals surface area contributed by atoms with Crippen LogP contribution >= 0.6 is 11.8 Å². The summed E-state index contributed by atoms with van der Waals surface area (Å²) in [5, 5.41) is 9.48. The van der Waals surface area contributed by atoms with Gasteiger partial charge in [-0.3, -0.25) is 9.36 Å². The van der Waals surface area contributed by atoms with Gasteiger partial charge in [0.1, 0.15) is 0 Å². The average Bonchev–Trinajstić information content (AvgIpc) is 3.54. The zero-order valence-electron chi connectivity index (χ0n) is 19.0. The molecule has 0 spiro atoms. The molecule has 0 N–H and O–H groups in total. The fraction of sp³-hybridized carbons (Fsp3) is 0.296. The van der Waals surface area contributed by atoms with E-state index in [2.05, 4.69) is 52.7 Å². The molecule has 0 unspecified atom stereocenters. The Bertz CT molecular complexity index is 1180. The molecule has 0 aliphatic carbocycles. The number of nitrogens with zero attached hydrogens (tertiary/aromatic N) is 4. The van der Waals surface area contributed by atoms with E-state index in [0.29, 0.717) is 29.8 Å². The number of carbonyl (C=O) groups excluding carboxylic acids is 1. The first-order valence-electron chi connectivity index (χ1n) is 11.7. The summed E-state index contributed by atoms with van der Waals surface area (Å²) in [4.78, 5) is 15.0. The van der Waals surface area contributed by atoms with Crippen LogP contribution in [-0.2, 0) is 17.8 Å². The molecular weight excluding hydrogens is 444 g/mol. The maximum Gasteiger partial charge on any atom is 0.233 e. The fourth-order valence-corrected chi connectivity index (χ4v) is 5.28. The minimum absolute atomic E-state index is 0.164. The quantitative estimate of drug-likeness (QED) is 0.332. The number of hydrogen-bond donors (Lipinski definition) is 0. The van der Waals surface area contributed by atoms with Crippen molar-refractivity contribution in [2.45, 2.75) is 31.0 Å². The summed E-state index contributed by atoms with van der Waals surface area (Å²) < 4.78 is 7.60. The van der Waals surface area contributed by atoms with E-state index >= 15 is 0 Å². The number of furan rings is 1. The lowest BCUT2D eigenvalue weighted by atomic mass is 9.90. The smallest absolute Gasteiger partial charge is 0.233 e. The van der Waals surface area contributed by atoms with E-state index in [9.17, 15) is 4.79 Å². The molecule has 1 aliphatic rings. The van der Waals surface area contributed by atoms with Gasteiger partial charge in [-0.2, -0.15) is 0 Å². The van der Waals surface area contributed by atoms with E-state index in [1.54, 1.807) is 6.26 Å². The van der Waals surface area contributed by atoms with Crippen LogP contribution in [0.1, 0.15) is 24.0 Å². The maximum atomic E-state index is 13.0. The SMILES string of the molecule is O=C(CSc1nnc(-c2ccco2)n1Cc1ccccc1)N1CCC(Cc2ccccc2)CC1. The Hall–Kier alpha value is -3.32. The normalized spacial score (nSPS) is 14.4.